The zero-order valence-electron chi connectivity index (χ0n) is 12.0. The van der Waals surface area contributed by atoms with Gasteiger partial charge in [0.15, 0.2) is 5.82 Å². The molecule has 3 rings (SSSR count). The molecule has 1 aliphatic rings. The number of para-hydroxylation sites is 1. The van der Waals surface area contributed by atoms with Crippen LogP contribution in [0.3, 0.4) is 0 Å². The summed E-state index contributed by atoms with van der Waals surface area (Å²) in [5.41, 5.74) is 7.57. The Labute approximate surface area is 119 Å². The maximum Gasteiger partial charge on any atom is 0.151 e. The van der Waals surface area contributed by atoms with Crippen molar-refractivity contribution in [3.8, 4) is 0 Å². The first-order valence-corrected chi connectivity index (χ1v) is 7.60. The second-order valence-electron chi connectivity index (χ2n) is 5.91. The van der Waals surface area contributed by atoms with Crippen LogP contribution in [0.4, 0.5) is 4.39 Å². The van der Waals surface area contributed by atoms with Crippen molar-refractivity contribution in [2.75, 3.05) is 0 Å². The molecular formula is C16H22FN3. The van der Waals surface area contributed by atoms with Gasteiger partial charge in [0.25, 0.3) is 0 Å². The highest BCUT2D eigenvalue weighted by Gasteiger charge is 2.34. The van der Waals surface area contributed by atoms with Gasteiger partial charge >= 0.3 is 0 Å². The number of fused-ring (bicyclic) bond motifs is 1. The third-order valence-electron chi connectivity index (χ3n) is 4.37. The quantitative estimate of drug-likeness (QED) is 0.928. The Balaban J connectivity index is 2.18. The zero-order chi connectivity index (χ0) is 14.2. The number of nitrogens with zero attached hydrogens (tertiary/aromatic N) is 2. The minimum Gasteiger partial charge on any atom is -0.326 e. The molecule has 4 heteroatoms. The number of rotatable bonds is 3. The summed E-state index contributed by atoms with van der Waals surface area (Å²) in [7, 11) is 0. The number of aromatic nitrogens is 2. The molecule has 1 saturated carbocycles. The topological polar surface area (TPSA) is 43.8 Å². The average Bonchev–Trinajstić information content (AvgIpc) is 2.82. The minimum atomic E-state index is -0.390. The normalized spacial score (nSPS) is 18.6. The van der Waals surface area contributed by atoms with Gasteiger partial charge in [-0.15, -0.1) is 0 Å². The SMILES string of the molecule is CCCn1c(C2(N)CCCCC2)nc2c(F)cccc21. The molecule has 1 heterocycles. The van der Waals surface area contributed by atoms with Crippen molar-refractivity contribution in [2.45, 2.75) is 57.5 Å². The smallest absolute Gasteiger partial charge is 0.151 e. The van der Waals surface area contributed by atoms with Crippen LogP contribution in [-0.2, 0) is 12.1 Å². The van der Waals surface area contributed by atoms with E-state index in [1.807, 2.05) is 6.07 Å². The van der Waals surface area contributed by atoms with Crippen molar-refractivity contribution in [3.63, 3.8) is 0 Å². The van der Waals surface area contributed by atoms with E-state index in [0.717, 1.165) is 50.0 Å². The third-order valence-corrected chi connectivity index (χ3v) is 4.37. The Morgan fingerprint density at radius 2 is 2.05 bits per heavy atom. The molecule has 1 aliphatic carbocycles. The van der Waals surface area contributed by atoms with Crippen molar-refractivity contribution < 1.29 is 4.39 Å². The van der Waals surface area contributed by atoms with E-state index in [4.69, 9.17) is 5.73 Å². The number of aryl methyl sites for hydroxylation is 1. The van der Waals surface area contributed by atoms with Crippen LogP contribution in [0.5, 0.6) is 0 Å². The van der Waals surface area contributed by atoms with Crippen molar-refractivity contribution in [2.24, 2.45) is 5.73 Å². The molecule has 2 N–H and O–H groups in total. The van der Waals surface area contributed by atoms with Gasteiger partial charge in [-0.05, 0) is 31.4 Å². The summed E-state index contributed by atoms with van der Waals surface area (Å²) in [6.45, 7) is 2.97. The van der Waals surface area contributed by atoms with Gasteiger partial charge in [-0.25, -0.2) is 9.37 Å². The van der Waals surface area contributed by atoms with Crippen LogP contribution in [-0.4, -0.2) is 9.55 Å². The van der Waals surface area contributed by atoms with Crippen LogP contribution < -0.4 is 5.73 Å². The summed E-state index contributed by atoms with van der Waals surface area (Å²) >= 11 is 0. The molecule has 0 amide bonds. The fraction of sp³-hybridized carbons (Fsp3) is 0.562. The van der Waals surface area contributed by atoms with E-state index < -0.39 is 0 Å². The molecule has 0 aliphatic heterocycles. The molecule has 1 fully saturated rings. The molecule has 1 aromatic heterocycles. The summed E-state index contributed by atoms with van der Waals surface area (Å²) in [5, 5.41) is 0. The van der Waals surface area contributed by atoms with Gasteiger partial charge in [0.1, 0.15) is 11.3 Å². The van der Waals surface area contributed by atoms with Crippen molar-refractivity contribution >= 4 is 11.0 Å². The largest absolute Gasteiger partial charge is 0.326 e. The standard InChI is InChI=1S/C16H22FN3/c1-2-11-20-13-8-6-7-12(17)14(13)19-15(20)16(18)9-4-3-5-10-16/h6-8H,2-5,9-11,18H2,1H3. The molecule has 0 bridgehead atoms. The highest BCUT2D eigenvalue weighted by atomic mass is 19.1. The zero-order valence-corrected chi connectivity index (χ0v) is 12.0. The molecule has 0 radical (unpaired) electrons. The van der Waals surface area contributed by atoms with E-state index in [9.17, 15) is 4.39 Å². The van der Waals surface area contributed by atoms with Gasteiger partial charge in [0, 0.05) is 6.54 Å². The summed E-state index contributed by atoms with van der Waals surface area (Å²) in [4.78, 5) is 4.59. The maximum atomic E-state index is 14.0. The first-order valence-electron chi connectivity index (χ1n) is 7.60. The second kappa shape index (κ2) is 5.17. The Kier molecular flexibility index (Phi) is 3.50. The van der Waals surface area contributed by atoms with Crippen molar-refractivity contribution in [3.05, 3.63) is 29.8 Å². The molecule has 2 aromatic rings. The van der Waals surface area contributed by atoms with E-state index in [0.29, 0.717) is 5.52 Å². The maximum absolute atomic E-state index is 14.0. The van der Waals surface area contributed by atoms with E-state index in [2.05, 4.69) is 16.5 Å². The number of hydrogen-bond acceptors (Lipinski definition) is 2. The van der Waals surface area contributed by atoms with Crippen LogP contribution in [0.1, 0.15) is 51.3 Å². The van der Waals surface area contributed by atoms with Gasteiger partial charge in [0.05, 0.1) is 11.1 Å². The summed E-state index contributed by atoms with van der Waals surface area (Å²) in [5.74, 6) is 0.622. The van der Waals surface area contributed by atoms with Crippen molar-refractivity contribution in [1.29, 1.82) is 0 Å². The average molecular weight is 275 g/mol. The summed E-state index contributed by atoms with van der Waals surface area (Å²) in [6, 6.07) is 5.16. The van der Waals surface area contributed by atoms with Crippen LogP contribution in [0.15, 0.2) is 18.2 Å². The lowest BCUT2D eigenvalue weighted by atomic mass is 9.82. The number of benzene rings is 1. The first-order chi connectivity index (χ1) is 9.65. The van der Waals surface area contributed by atoms with Crippen LogP contribution in [0, 0.1) is 5.82 Å². The molecule has 0 saturated heterocycles. The highest BCUT2D eigenvalue weighted by Crippen LogP contribution is 2.36. The molecule has 0 atom stereocenters. The molecule has 1 aromatic carbocycles. The number of nitrogens with two attached hydrogens (primary N) is 1. The van der Waals surface area contributed by atoms with Gasteiger partial charge < -0.3 is 10.3 Å². The monoisotopic (exact) mass is 275 g/mol. The number of hydrogen-bond donors (Lipinski definition) is 1. The number of halogens is 1. The predicted octanol–water partition coefficient (Wildman–Crippen LogP) is 3.70. The van der Waals surface area contributed by atoms with E-state index in [1.165, 1.54) is 12.5 Å². The molecule has 20 heavy (non-hydrogen) atoms. The molecular weight excluding hydrogens is 253 g/mol. The highest BCUT2D eigenvalue weighted by molar-refractivity contribution is 5.77. The van der Waals surface area contributed by atoms with E-state index >= 15 is 0 Å². The third kappa shape index (κ3) is 2.12. The molecule has 0 unspecified atom stereocenters. The lowest BCUT2D eigenvalue weighted by Crippen LogP contribution is -2.41. The molecule has 3 nitrogen and oxygen atoms in total. The van der Waals surface area contributed by atoms with Crippen LogP contribution in [0.25, 0.3) is 11.0 Å². The van der Waals surface area contributed by atoms with Gasteiger partial charge in [-0.2, -0.15) is 0 Å². The Morgan fingerprint density at radius 1 is 1.30 bits per heavy atom. The van der Waals surface area contributed by atoms with Crippen LogP contribution in [0.2, 0.25) is 0 Å². The molecule has 108 valence electrons. The van der Waals surface area contributed by atoms with Gasteiger partial charge in [-0.3, -0.25) is 0 Å². The lowest BCUT2D eigenvalue weighted by Gasteiger charge is -2.33. The number of imidazole rings is 1. The summed E-state index contributed by atoms with van der Waals surface area (Å²) in [6.07, 6.45) is 6.39. The minimum absolute atomic E-state index is 0.252. The summed E-state index contributed by atoms with van der Waals surface area (Å²) < 4.78 is 16.1. The molecule has 0 spiro atoms. The van der Waals surface area contributed by atoms with E-state index in [1.54, 1.807) is 6.07 Å². The van der Waals surface area contributed by atoms with Crippen molar-refractivity contribution in [1.82, 2.24) is 9.55 Å². The lowest BCUT2D eigenvalue weighted by molar-refractivity contribution is 0.278. The predicted molar refractivity (Wildman–Crippen MR) is 78.9 cm³/mol. The fourth-order valence-corrected chi connectivity index (χ4v) is 3.35. The Morgan fingerprint density at radius 3 is 2.75 bits per heavy atom. The second-order valence-corrected chi connectivity index (χ2v) is 5.91. The van der Waals surface area contributed by atoms with Gasteiger partial charge in [-0.1, -0.05) is 32.3 Å². The Bertz CT molecular complexity index is 611. The van der Waals surface area contributed by atoms with Gasteiger partial charge in [0.2, 0.25) is 0 Å². The Hall–Kier alpha value is -1.42. The fourth-order valence-electron chi connectivity index (χ4n) is 3.35. The first kappa shape index (κ1) is 13.6. The van der Waals surface area contributed by atoms with Crippen LogP contribution >= 0.6 is 0 Å². The van der Waals surface area contributed by atoms with E-state index in [-0.39, 0.29) is 11.4 Å².